The first-order chi connectivity index (χ1) is 6.52. The number of nitrogens with one attached hydrogen (secondary N) is 1. The number of amides is 1. The molecule has 82 valence electrons. The van der Waals surface area contributed by atoms with Gasteiger partial charge in [0.25, 0.3) is 5.91 Å². The van der Waals surface area contributed by atoms with Crippen LogP contribution in [0, 0.1) is 5.92 Å². The highest BCUT2D eigenvalue weighted by Gasteiger charge is 2.03. The number of hydroxylamine groups is 1. The van der Waals surface area contributed by atoms with E-state index in [2.05, 4.69) is 10.2 Å². The SMILES string of the molecule is CC(C)CONC(=O)COCC(=O)O. The Kier molecular flexibility index (Phi) is 6.69. The molecule has 0 atom stereocenters. The standard InChI is InChI=1S/C8H15NO5/c1-6(2)3-14-9-7(10)4-13-5-8(11)12/h6H,3-5H2,1-2H3,(H,9,10)(H,11,12). The number of hydrogen-bond acceptors (Lipinski definition) is 4. The minimum atomic E-state index is -1.11. The van der Waals surface area contributed by atoms with Crippen LogP contribution >= 0.6 is 0 Å². The lowest BCUT2D eigenvalue weighted by Crippen LogP contribution is -2.30. The van der Waals surface area contributed by atoms with Crippen LogP contribution in [0.5, 0.6) is 0 Å². The molecule has 0 aromatic heterocycles. The van der Waals surface area contributed by atoms with E-state index in [-0.39, 0.29) is 6.61 Å². The summed E-state index contributed by atoms with van der Waals surface area (Å²) in [5, 5.41) is 8.19. The van der Waals surface area contributed by atoms with Crippen molar-refractivity contribution in [3.63, 3.8) is 0 Å². The summed E-state index contributed by atoms with van der Waals surface area (Å²) in [6.45, 7) is 3.48. The number of carbonyl (C=O) groups excluding carboxylic acids is 1. The Labute approximate surface area is 82.1 Å². The molecular formula is C8H15NO5. The van der Waals surface area contributed by atoms with E-state index in [1.807, 2.05) is 13.8 Å². The Bertz CT molecular complexity index is 192. The van der Waals surface area contributed by atoms with Crippen LogP contribution in [0.4, 0.5) is 0 Å². The minimum Gasteiger partial charge on any atom is -0.480 e. The van der Waals surface area contributed by atoms with Gasteiger partial charge in [-0.2, -0.15) is 0 Å². The molecule has 1 amide bonds. The van der Waals surface area contributed by atoms with Gasteiger partial charge < -0.3 is 9.84 Å². The van der Waals surface area contributed by atoms with E-state index in [0.29, 0.717) is 12.5 Å². The predicted octanol–water partition coefficient (Wildman–Crippen LogP) is -0.209. The molecule has 0 unspecified atom stereocenters. The van der Waals surface area contributed by atoms with Gasteiger partial charge in [0.15, 0.2) is 0 Å². The second-order valence-electron chi connectivity index (χ2n) is 3.12. The zero-order valence-corrected chi connectivity index (χ0v) is 8.28. The normalized spacial score (nSPS) is 10.2. The summed E-state index contributed by atoms with van der Waals surface area (Å²) >= 11 is 0. The van der Waals surface area contributed by atoms with Gasteiger partial charge in [-0.15, -0.1) is 0 Å². The van der Waals surface area contributed by atoms with Gasteiger partial charge in [-0.05, 0) is 5.92 Å². The van der Waals surface area contributed by atoms with Gasteiger partial charge in [0.2, 0.25) is 0 Å². The molecule has 0 spiro atoms. The Balaban J connectivity index is 3.33. The summed E-state index contributed by atoms with van der Waals surface area (Å²) in [6, 6.07) is 0. The van der Waals surface area contributed by atoms with Crippen LogP contribution in [0.2, 0.25) is 0 Å². The number of carboxylic acids is 1. The smallest absolute Gasteiger partial charge is 0.329 e. The number of rotatable bonds is 7. The lowest BCUT2D eigenvalue weighted by Gasteiger charge is -2.07. The Morgan fingerprint density at radius 3 is 2.50 bits per heavy atom. The fraction of sp³-hybridized carbons (Fsp3) is 0.750. The Morgan fingerprint density at radius 2 is 2.00 bits per heavy atom. The van der Waals surface area contributed by atoms with Crippen molar-refractivity contribution < 1.29 is 24.3 Å². The van der Waals surface area contributed by atoms with Crippen molar-refractivity contribution in [2.75, 3.05) is 19.8 Å². The molecule has 0 bridgehead atoms. The molecular weight excluding hydrogens is 190 g/mol. The number of carboxylic acid groups (broad SMARTS) is 1. The Hall–Kier alpha value is -1.14. The van der Waals surface area contributed by atoms with Crippen LogP contribution in [0.3, 0.4) is 0 Å². The van der Waals surface area contributed by atoms with Gasteiger partial charge >= 0.3 is 5.97 Å². The third kappa shape index (κ3) is 8.95. The van der Waals surface area contributed by atoms with Gasteiger partial charge in [0.05, 0.1) is 6.61 Å². The third-order valence-electron chi connectivity index (χ3n) is 1.06. The lowest BCUT2D eigenvalue weighted by atomic mass is 10.2. The van der Waals surface area contributed by atoms with Crippen LogP contribution in [-0.4, -0.2) is 36.8 Å². The fourth-order valence-electron chi connectivity index (χ4n) is 0.549. The van der Waals surface area contributed by atoms with E-state index in [4.69, 9.17) is 9.94 Å². The van der Waals surface area contributed by atoms with Gasteiger partial charge in [-0.3, -0.25) is 9.63 Å². The monoisotopic (exact) mass is 205 g/mol. The summed E-state index contributed by atoms with van der Waals surface area (Å²) in [4.78, 5) is 25.6. The molecule has 0 aliphatic rings. The molecule has 0 saturated carbocycles. The van der Waals surface area contributed by atoms with E-state index in [1.54, 1.807) is 0 Å². The Morgan fingerprint density at radius 1 is 1.36 bits per heavy atom. The molecule has 0 rings (SSSR count). The van der Waals surface area contributed by atoms with Crippen LogP contribution in [0.15, 0.2) is 0 Å². The second kappa shape index (κ2) is 7.28. The molecule has 0 aromatic rings. The van der Waals surface area contributed by atoms with Crippen LogP contribution in [0.1, 0.15) is 13.8 Å². The first kappa shape index (κ1) is 12.9. The highest BCUT2D eigenvalue weighted by molar-refractivity contribution is 5.76. The molecule has 0 radical (unpaired) electrons. The third-order valence-corrected chi connectivity index (χ3v) is 1.06. The number of aliphatic carboxylic acids is 1. The summed E-state index contributed by atoms with van der Waals surface area (Å²) in [5.74, 6) is -1.29. The van der Waals surface area contributed by atoms with Gasteiger partial charge in [0, 0.05) is 0 Å². The van der Waals surface area contributed by atoms with Crippen molar-refractivity contribution >= 4 is 11.9 Å². The molecule has 0 fully saturated rings. The van der Waals surface area contributed by atoms with Gasteiger partial charge in [-0.25, -0.2) is 10.3 Å². The molecule has 6 heteroatoms. The molecule has 0 aliphatic heterocycles. The largest absolute Gasteiger partial charge is 0.480 e. The zero-order chi connectivity index (χ0) is 11.0. The molecule has 0 heterocycles. The van der Waals surface area contributed by atoms with Crippen molar-refractivity contribution in [3.05, 3.63) is 0 Å². The average molecular weight is 205 g/mol. The first-order valence-corrected chi connectivity index (χ1v) is 4.22. The summed E-state index contributed by atoms with van der Waals surface area (Å²) in [6.07, 6.45) is 0. The maximum atomic E-state index is 10.9. The van der Waals surface area contributed by atoms with Crippen LogP contribution in [-0.2, 0) is 19.2 Å². The predicted molar refractivity (Wildman–Crippen MR) is 47.4 cm³/mol. The zero-order valence-electron chi connectivity index (χ0n) is 8.28. The number of carbonyl (C=O) groups is 2. The second-order valence-corrected chi connectivity index (χ2v) is 3.12. The molecule has 2 N–H and O–H groups in total. The maximum absolute atomic E-state index is 10.9. The molecule has 0 aliphatic carbocycles. The number of ether oxygens (including phenoxy) is 1. The highest BCUT2D eigenvalue weighted by atomic mass is 16.7. The van der Waals surface area contributed by atoms with Crippen molar-refractivity contribution in [1.29, 1.82) is 0 Å². The molecule has 14 heavy (non-hydrogen) atoms. The first-order valence-electron chi connectivity index (χ1n) is 4.22. The minimum absolute atomic E-state index is 0.315. The van der Waals surface area contributed by atoms with E-state index in [9.17, 15) is 9.59 Å². The summed E-state index contributed by atoms with van der Waals surface area (Å²) in [7, 11) is 0. The average Bonchev–Trinajstić information content (AvgIpc) is 2.02. The fourth-order valence-corrected chi connectivity index (χ4v) is 0.549. The van der Waals surface area contributed by atoms with E-state index < -0.39 is 18.5 Å². The topological polar surface area (TPSA) is 84.9 Å². The van der Waals surface area contributed by atoms with Crippen molar-refractivity contribution in [1.82, 2.24) is 5.48 Å². The molecule has 6 nitrogen and oxygen atoms in total. The van der Waals surface area contributed by atoms with Gasteiger partial charge in [-0.1, -0.05) is 13.8 Å². The highest BCUT2D eigenvalue weighted by Crippen LogP contribution is 1.89. The maximum Gasteiger partial charge on any atom is 0.329 e. The van der Waals surface area contributed by atoms with Crippen LogP contribution < -0.4 is 5.48 Å². The van der Waals surface area contributed by atoms with Crippen molar-refractivity contribution in [3.8, 4) is 0 Å². The summed E-state index contributed by atoms with van der Waals surface area (Å²) in [5.41, 5.74) is 2.13. The van der Waals surface area contributed by atoms with E-state index in [1.165, 1.54) is 0 Å². The quantitative estimate of drug-likeness (QED) is 0.562. The van der Waals surface area contributed by atoms with E-state index in [0.717, 1.165) is 0 Å². The van der Waals surface area contributed by atoms with Crippen molar-refractivity contribution in [2.24, 2.45) is 5.92 Å². The van der Waals surface area contributed by atoms with E-state index >= 15 is 0 Å². The van der Waals surface area contributed by atoms with Crippen molar-refractivity contribution in [2.45, 2.75) is 13.8 Å². The molecule has 0 aromatic carbocycles. The molecule has 0 saturated heterocycles. The summed E-state index contributed by atoms with van der Waals surface area (Å²) < 4.78 is 4.52. The van der Waals surface area contributed by atoms with Gasteiger partial charge in [0.1, 0.15) is 13.2 Å². The van der Waals surface area contributed by atoms with Crippen LogP contribution in [0.25, 0.3) is 0 Å². The number of hydrogen-bond donors (Lipinski definition) is 2. The lowest BCUT2D eigenvalue weighted by molar-refractivity contribution is -0.146.